The zero-order valence-electron chi connectivity index (χ0n) is 17.0. The van der Waals surface area contributed by atoms with Crippen LogP contribution in [-0.4, -0.2) is 37.7 Å². The number of benzene rings is 1. The lowest BCUT2D eigenvalue weighted by Crippen LogP contribution is -2.43. The summed E-state index contributed by atoms with van der Waals surface area (Å²) in [6.07, 6.45) is 7.91. The van der Waals surface area contributed by atoms with E-state index in [0.717, 1.165) is 43.3 Å². The molecule has 6 heteroatoms. The Labute approximate surface area is 167 Å². The average molecular weight is 385 g/mol. The van der Waals surface area contributed by atoms with Crippen LogP contribution in [0.4, 0.5) is 0 Å². The van der Waals surface area contributed by atoms with Crippen molar-refractivity contribution in [3.63, 3.8) is 0 Å². The van der Waals surface area contributed by atoms with Gasteiger partial charge in [-0.25, -0.2) is 9.98 Å². The van der Waals surface area contributed by atoms with Crippen molar-refractivity contribution in [2.75, 3.05) is 26.8 Å². The number of aromatic nitrogens is 1. The number of nitrogens with zero attached hydrogens (tertiary/aromatic N) is 2. The molecule has 2 N–H and O–H groups in total. The van der Waals surface area contributed by atoms with E-state index in [2.05, 4.69) is 22.5 Å². The smallest absolute Gasteiger partial charge is 0.226 e. The molecule has 1 aromatic heterocycles. The summed E-state index contributed by atoms with van der Waals surface area (Å²) in [6.45, 7) is 5.13. The molecular formula is C22H32N4O2. The van der Waals surface area contributed by atoms with Gasteiger partial charge < -0.3 is 19.8 Å². The van der Waals surface area contributed by atoms with Crippen molar-refractivity contribution in [3.05, 3.63) is 42.3 Å². The van der Waals surface area contributed by atoms with E-state index in [-0.39, 0.29) is 0 Å². The number of nitrogens with one attached hydrogen (secondary N) is 2. The fraction of sp³-hybridized carbons (Fsp3) is 0.545. The molecule has 0 spiro atoms. The van der Waals surface area contributed by atoms with Gasteiger partial charge in [-0.3, -0.25) is 0 Å². The summed E-state index contributed by atoms with van der Waals surface area (Å²) in [7, 11) is 1.78. The first-order chi connectivity index (χ1) is 13.7. The van der Waals surface area contributed by atoms with Crippen molar-refractivity contribution < 1.29 is 9.15 Å². The van der Waals surface area contributed by atoms with E-state index in [1.54, 1.807) is 13.4 Å². The molecule has 0 bridgehead atoms. The minimum Gasteiger partial charge on any atom is -0.444 e. The SMILES string of the molecule is CCNC(=NCc1coc(-c2ccccc2)n1)NCC1(CCOC)CCCC1. The topological polar surface area (TPSA) is 71.7 Å². The Morgan fingerprint density at radius 3 is 2.71 bits per heavy atom. The molecule has 2 aromatic rings. The van der Waals surface area contributed by atoms with E-state index >= 15 is 0 Å². The average Bonchev–Trinajstić information content (AvgIpc) is 3.40. The molecule has 1 aliphatic carbocycles. The molecule has 1 saturated carbocycles. The summed E-state index contributed by atoms with van der Waals surface area (Å²) in [6, 6.07) is 9.92. The Bertz CT molecular complexity index is 736. The van der Waals surface area contributed by atoms with Gasteiger partial charge in [0.2, 0.25) is 5.89 Å². The van der Waals surface area contributed by atoms with Crippen LogP contribution in [0.1, 0.15) is 44.7 Å². The van der Waals surface area contributed by atoms with Crippen molar-refractivity contribution >= 4 is 5.96 Å². The minimum absolute atomic E-state index is 0.320. The summed E-state index contributed by atoms with van der Waals surface area (Å²) in [5.41, 5.74) is 2.12. The van der Waals surface area contributed by atoms with Crippen molar-refractivity contribution in [2.24, 2.45) is 10.4 Å². The van der Waals surface area contributed by atoms with Crippen LogP contribution in [0.25, 0.3) is 11.5 Å². The fourth-order valence-electron chi connectivity index (χ4n) is 3.82. The first kappa shape index (κ1) is 20.4. The highest BCUT2D eigenvalue weighted by molar-refractivity contribution is 5.79. The largest absolute Gasteiger partial charge is 0.444 e. The van der Waals surface area contributed by atoms with Gasteiger partial charge in [0.05, 0.1) is 6.54 Å². The highest BCUT2D eigenvalue weighted by atomic mass is 16.5. The monoisotopic (exact) mass is 384 g/mol. The maximum atomic E-state index is 5.61. The summed E-state index contributed by atoms with van der Waals surface area (Å²) in [5.74, 6) is 1.46. The lowest BCUT2D eigenvalue weighted by atomic mass is 9.83. The second kappa shape index (κ2) is 10.3. The molecule has 0 aliphatic heterocycles. The Hall–Kier alpha value is -2.34. The summed E-state index contributed by atoms with van der Waals surface area (Å²) < 4.78 is 10.9. The van der Waals surface area contributed by atoms with E-state index in [4.69, 9.17) is 14.1 Å². The predicted octanol–water partition coefficient (Wildman–Crippen LogP) is 3.99. The normalized spacial score (nSPS) is 16.3. The van der Waals surface area contributed by atoms with Crippen molar-refractivity contribution in [3.8, 4) is 11.5 Å². The third-order valence-electron chi connectivity index (χ3n) is 5.45. The van der Waals surface area contributed by atoms with Gasteiger partial charge in [0.25, 0.3) is 0 Å². The number of aliphatic imine (C=N–C) groups is 1. The first-order valence-corrected chi connectivity index (χ1v) is 10.3. The van der Waals surface area contributed by atoms with Crippen LogP contribution >= 0.6 is 0 Å². The quantitative estimate of drug-likeness (QED) is 0.505. The molecular weight excluding hydrogens is 352 g/mol. The van der Waals surface area contributed by atoms with Crippen molar-refractivity contribution in [1.29, 1.82) is 0 Å². The lowest BCUT2D eigenvalue weighted by molar-refractivity contribution is 0.138. The molecule has 3 rings (SSSR count). The molecule has 1 aromatic carbocycles. The maximum Gasteiger partial charge on any atom is 0.226 e. The molecule has 0 radical (unpaired) electrons. The number of hydrogen-bond donors (Lipinski definition) is 2. The zero-order valence-corrected chi connectivity index (χ0v) is 17.0. The molecule has 6 nitrogen and oxygen atoms in total. The molecule has 1 heterocycles. The van der Waals surface area contributed by atoms with E-state index in [1.165, 1.54) is 25.7 Å². The van der Waals surface area contributed by atoms with Crippen molar-refractivity contribution in [1.82, 2.24) is 15.6 Å². The van der Waals surface area contributed by atoms with Gasteiger partial charge in [-0.2, -0.15) is 0 Å². The van der Waals surface area contributed by atoms with E-state index in [9.17, 15) is 0 Å². The molecule has 152 valence electrons. The third kappa shape index (κ3) is 5.58. The van der Waals surface area contributed by atoms with Crippen LogP contribution in [0, 0.1) is 5.41 Å². The third-order valence-corrected chi connectivity index (χ3v) is 5.45. The summed E-state index contributed by atoms with van der Waals surface area (Å²) in [4.78, 5) is 9.26. The zero-order chi connectivity index (χ0) is 19.7. The second-order valence-electron chi connectivity index (χ2n) is 7.51. The van der Waals surface area contributed by atoms with Crippen LogP contribution in [0.15, 0.2) is 46.0 Å². The molecule has 0 saturated heterocycles. The highest BCUT2D eigenvalue weighted by Gasteiger charge is 2.33. The molecule has 1 fully saturated rings. The summed E-state index contributed by atoms with van der Waals surface area (Å²) >= 11 is 0. The van der Waals surface area contributed by atoms with E-state index in [0.29, 0.717) is 17.9 Å². The molecule has 0 atom stereocenters. The van der Waals surface area contributed by atoms with E-state index < -0.39 is 0 Å². The van der Waals surface area contributed by atoms with Crippen LogP contribution in [-0.2, 0) is 11.3 Å². The van der Waals surface area contributed by atoms with Gasteiger partial charge in [0.1, 0.15) is 12.0 Å². The Balaban J connectivity index is 1.60. The summed E-state index contributed by atoms with van der Waals surface area (Å²) in [5, 5.41) is 6.88. The van der Waals surface area contributed by atoms with Gasteiger partial charge in [-0.1, -0.05) is 31.0 Å². The standard InChI is InChI=1S/C22H32N4O2/c1-3-23-21(25-17-22(13-14-27-2)11-7-8-12-22)24-15-19-16-28-20(26-19)18-9-5-4-6-10-18/h4-6,9-10,16H,3,7-8,11-15,17H2,1-2H3,(H2,23,24,25). The maximum absolute atomic E-state index is 5.61. The fourth-order valence-corrected chi connectivity index (χ4v) is 3.82. The minimum atomic E-state index is 0.320. The van der Waals surface area contributed by atoms with Gasteiger partial charge in [0, 0.05) is 32.4 Å². The highest BCUT2D eigenvalue weighted by Crippen LogP contribution is 2.40. The van der Waals surface area contributed by atoms with Crippen LogP contribution in [0.5, 0.6) is 0 Å². The molecule has 1 aliphatic rings. The number of oxazole rings is 1. The van der Waals surface area contributed by atoms with Gasteiger partial charge >= 0.3 is 0 Å². The van der Waals surface area contributed by atoms with Crippen molar-refractivity contribution in [2.45, 2.75) is 45.6 Å². The van der Waals surface area contributed by atoms with Crippen LogP contribution in [0.2, 0.25) is 0 Å². The second-order valence-corrected chi connectivity index (χ2v) is 7.51. The van der Waals surface area contributed by atoms with Crippen LogP contribution in [0.3, 0.4) is 0 Å². The molecule has 0 amide bonds. The Morgan fingerprint density at radius 2 is 2.00 bits per heavy atom. The van der Waals surface area contributed by atoms with Gasteiger partial charge in [-0.15, -0.1) is 0 Å². The lowest BCUT2D eigenvalue weighted by Gasteiger charge is -2.29. The number of rotatable bonds is 9. The number of hydrogen-bond acceptors (Lipinski definition) is 4. The number of ether oxygens (including phenoxy) is 1. The molecule has 28 heavy (non-hydrogen) atoms. The first-order valence-electron chi connectivity index (χ1n) is 10.3. The molecule has 0 unspecified atom stereocenters. The Kier molecular flexibility index (Phi) is 7.48. The number of guanidine groups is 1. The van der Waals surface area contributed by atoms with Gasteiger partial charge in [0.15, 0.2) is 5.96 Å². The van der Waals surface area contributed by atoms with E-state index in [1.807, 2.05) is 30.3 Å². The van der Waals surface area contributed by atoms with Crippen LogP contribution < -0.4 is 10.6 Å². The Morgan fingerprint density at radius 1 is 1.21 bits per heavy atom. The van der Waals surface area contributed by atoms with Gasteiger partial charge in [-0.05, 0) is 43.7 Å². The number of methoxy groups -OCH3 is 1. The predicted molar refractivity (Wildman–Crippen MR) is 112 cm³/mol.